The van der Waals surface area contributed by atoms with Crippen molar-refractivity contribution in [1.29, 1.82) is 0 Å². The van der Waals surface area contributed by atoms with Gasteiger partial charge in [0.1, 0.15) is 5.75 Å². The number of hydrogen-bond acceptors (Lipinski definition) is 6. The van der Waals surface area contributed by atoms with E-state index in [1.807, 2.05) is 65.2 Å². The van der Waals surface area contributed by atoms with Gasteiger partial charge in [0, 0.05) is 16.8 Å². The summed E-state index contributed by atoms with van der Waals surface area (Å²) in [6, 6.07) is 26.3. The maximum absolute atomic E-state index is 12.3. The molecule has 1 heterocycles. The fraction of sp³-hybridized carbons (Fsp3) is 0.0435. The Bertz CT molecular complexity index is 1190. The second kappa shape index (κ2) is 9.73. The first kappa shape index (κ1) is 20.4. The first-order chi connectivity index (χ1) is 15.2. The summed E-state index contributed by atoms with van der Waals surface area (Å²) in [5, 5.41) is 22.9. The molecule has 3 aromatic carbocycles. The molecule has 1 aromatic heterocycles. The third kappa shape index (κ3) is 4.99. The van der Waals surface area contributed by atoms with E-state index in [0.717, 1.165) is 11.3 Å². The van der Waals surface area contributed by atoms with Crippen molar-refractivity contribution >= 4 is 23.9 Å². The van der Waals surface area contributed by atoms with Gasteiger partial charge in [-0.15, -0.1) is 10.2 Å². The smallest absolute Gasteiger partial charge is 0.250 e. The quantitative estimate of drug-likeness (QED) is 0.264. The molecule has 4 rings (SSSR count). The largest absolute Gasteiger partial charge is 0.507 e. The molecule has 0 bridgehead atoms. The van der Waals surface area contributed by atoms with Gasteiger partial charge in [0.2, 0.25) is 0 Å². The normalized spacial score (nSPS) is 11.0. The molecular formula is C23H19N5O2S. The van der Waals surface area contributed by atoms with E-state index in [-0.39, 0.29) is 17.4 Å². The van der Waals surface area contributed by atoms with Gasteiger partial charge in [-0.3, -0.25) is 9.36 Å². The fourth-order valence-corrected chi connectivity index (χ4v) is 3.62. The van der Waals surface area contributed by atoms with E-state index in [9.17, 15) is 9.90 Å². The summed E-state index contributed by atoms with van der Waals surface area (Å²) in [6.45, 7) is 0. The fourth-order valence-electron chi connectivity index (χ4n) is 2.88. The highest BCUT2D eigenvalue weighted by Crippen LogP contribution is 2.27. The van der Waals surface area contributed by atoms with E-state index < -0.39 is 0 Å². The van der Waals surface area contributed by atoms with Crippen LogP contribution in [0.3, 0.4) is 0 Å². The number of phenols is 1. The summed E-state index contributed by atoms with van der Waals surface area (Å²) in [4.78, 5) is 12.3. The van der Waals surface area contributed by atoms with Gasteiger partial charge in [0.05, 0.1) is 12.0 Å². The third-order valence-electron chi connectivity index (χ3n) is 4.34. The van der Waals surface area contributed by atoms with Crippen LogP contribution in [0, 0.1) is 0 Å². The Morgan fingerprint density at radius 1 is 0.968 bits per heavy atom. The van der Waals surface area contributed by atoms with Crippen LogP contribution in [-0.4, -0.2) is 37.7 Å². The monoisotopic (exact) mass is 429 g/mol. The molecule has 0 fully saturated rings. The molecular weight excluding hydrogens is 410 g/mol. The molecule has 0 aliphatic heterocycles. The highest BCUT2D eigenvalue weighted by molar-refractivity contribution is 7.99. The summed E-state index contributed by atoms with van der Waals surface area (Å²) in [5.74, 6) is 0.616. The van der Waals surface area contributed by atoms with E-state index in [4.69, 9.17) is 0 Å². The van der Waals surface area contributed by atoms with Gasteiger partial charge in [-0.1, -0.05) is 72.4 Å². The van der Waals surface area contributed by atoms with Crippen LogP contribution in [0.15, 0.2) is 95.2 Å². The van der Waals surface area contributed by atoms with Gasteiger partial charge in [-0.05, 0) is 24.3 Å². The van der Waals surface area contributed by atoms with Crippen LogP contribution >= 0.6 is 11.8 Å². The number of rotatable bonds is 7. The van der Waals surface area contributed by atoms with Crippen molar-refractivity contribution in [2.45, 2.75) is 5.16 Å². The highest BCUT2D eigenvalue weighted by Gasteiger charge is 2.17. The summed E-state index contributed by atoms with van der Waals surface area (Å²) >= 11 is 1.27. The van der Waals surface area contributed by atoms with Gasteiger partial charge >= 0.3 is 0 Å². The average Bonchev–Trinajstić information content (AvgIpc) is 3.24. The van der Waals surface area contributed by atoms with Gasteiger partial charge in [0.25, 0.3) is 5.91 Å². The number of aromatic nitrogens is 3. The zero-order chi connectivity index (χ0) is 21.5. The number of benzene rings is 3. The lowest BCUT2D eigenvalue weighted by molar-refractivity contribution is -0.118. The Balaban J connectivity index is 1.49. The molecule has 31 heavy (non-hydrogen) atoms. The zero-order valence-corrected chi connectivity index (χ0v) is 17.2. The molecule has 8 heteroatoms. The van der Waals surface area contributed by atoms with Crippen LogP contribution < -0.4 is 5.43 Å². The van der Waals surface area contributed by atoms with Crippen molar-refractivity contribution in [1.82, 2.24) is 20.2 Å². The van der Waals surface area contributed by atoms with Crippen LogP contribution in [0.25, 0.3) is 17.1 Å². The van der Waals surface area contributed by atoms with E-state index in [2.05, 4.69) is 20.7 Å². The SMILES string of the molecule is O=C(CSc1nnc(-c2ccccc2)n1-c1ccccc1)NN=Cc1ccccc1O. The summed E-state index contributed by atoms with van der Waals surface area (Å²) in [7, 11) is 0. The number of hydrazone groups is 1. The number of carbonyl (C=O) groups is 1. The number of hydrogen-bond donors (Lipinski definition) is 2. The van der Waals surface area contributed by atoms with E-state index >= 15 is 0 Å². The molecule has 1 amide bonds. The molecule has 0 atom stereocenters. The zero-order valence-electron chi connectivity index (χ0n) is 16.4. The minimum Gasteiger partial charge on any atom is -0.507 e. The Kier molecular flexibility index (Phi) is 6.39. The van der Waals surface area contributed by atoms with Crippen molar-refractivity contribution in [2.75, 3.05) is 5.75 Å². The number of nitrogens with one attached hydrogen (secondary N) is 1. The first-order valence-corrected chi connectivity index (χ1v) is 10.5. The number of carbonyl (C=O) groups excluding carboxylic acids is 1. The maximum atomic E-state index is 12.3. The Morgan fingerprint density at radius 3 is 2.39 bits per heavy atom. The number of amides is 1. The molecule has 4 aromatic rings. The van der Waals surface area contributed by atoms with Gasteiger partial charge in [0.15, 0.2) is 11.0 Å². The van der Waals surface area contributed by atoms with Gasteiger partial charge in [-0.2, -0.15) is 5.10 Å². The molecule has 2 N–H and O–H groups in total. The minimum absolute atomic E-state index is 0.0966. The van der Waals surface area contributed by atoms with Crippen molar-refractivity contribution in [2.24, 2.45) is 5.10 Å². The second-order valence-corrected chi connectivity index (χ2v) is 7.43. The molecule has 154 valence electrons. The third-order valence-corrected chi connectivity index (χ3v) is 5.27. The number of thioether (sulfide) groups is 1. The number of aromatic hydroxyl groups is 1. The predicted octanol–water partition coefficient (Wildman–Crippen LogP) is 3.88. The van der Waals surface area contributed by atoms with Crippen LogP contribution in [0.4, 0.5) is 0 Å². The lowest BCUT2D eigenvalue weighted by Crippen LogP contribution is -2.20. The molecule has 0 unspecified atom stereocenters. The van der Waals surface area contributed by atoms with Crippen molar-refractivity contribution in [3.8, 4) is 22.8 Å². The van der Waals surface area contributed by atoms with E-state index in [0.29, 0.717) is 16.5 Å². The summed E-state index contributed by atoms with van der Waals surface area (Å²) in [6.07, 6.45) is 1.40. The Hall–Kier alpha value is -3.91. The van der Waals surface area contributed by atoms with Crippen LogP contribution in [0.2, 0.25) is 0 Å². The topological polar surface area (TPSA) is 92.4 Å². The Morgan fingerprint density at radius 2 is 1.65 bits per heavy atom. The highest BCUT2D eigenvalue weighted by atomic mass is 32.2. The van der Waals surface area contributed by atoms with Crippen molar-refractivity contribution in [3.05, 3.63) is 90.5 Å². The van der Waals surface area contributed by atoms with Gasteiger partial charge in [-0.25, -0.2) is 5.43 Å². The molecule has 7 nitrogen and oxygen atoms in total. The molecule has 0 spiro atoms. The molecule has 0 aliphatic rings. The molecule has 0 radical (unpaired) electrons. The lowest BCUT2D eigenvalue weighted by atomic mass is 10.2. The Labute approximate surface area is 183 Å². The average molecular weight is 430 g/mol. The number of para-hydroxylation sites is 2. The summed E-state index contributed by atoms with van der Waals surface area (Å²) in [5.41, 5.74) is 4.83. The number of nitrogens with zero attached hydrogens (tertiary/aromatic N) is 4. The maximum Gasteiger partial charge on any atom is 0.250 e. The van der Waals surface area contributed by atoms with Crippen molar-refractivity contribution in [3.63, 3.8) is 0 Å². The van der Waals surface area contributed by atoms with Gasteiger partial charge < -0.3 is 5.11 Å². The first-order valence-electron chi connectivity index (χ1n) is 9.51. The predicted molar refractivity (Wildman–Crippen MR) is 121 cm³/mol. The van der Waals surface area contributed by atoms with Crippen LogP contribution in [-0.2, 0) is 4.79 Å². The van der Waals surface area contributed by atoms with E-state index in [1.165, 1.54) is 18.0 Å². The second-order valence-electron chi connectivity index (χ2n) is 6.48. The van der Waals surface area contributed by atoms with Crippen LogP contribution in [0.1, 0.15) is 5.56 Å². The molecule has 0 saturated heterocycles. The van der Waals surface area contributed by atoms with Crippen molar-refractivity contribution < 1.29 is 9.90 Å². The lowest BCUT2D eigenvalue weighted by Gasteiger charge is -2.10. The molecule has 0 aliphatic carbocycles. The standard InChI is InChI=1S/C23H19N5O2S/c29-20-14-8-7-11-18(20)15-24-25-21(30)16-31-23-27-26-22(17-9-3-1-4-10-17)28(23)19-12-5-2-6-13-19/h1-15,29H,16H2,(H,25,30). The summed E-state index contributed by atoms with van der Waals surface area (Å²) < 4.78 is 1.93. The molecule has 0 saturated carbocycles. The number of phenolic OH excluding ortho intramolecular Hbond substituents is 1. The van der Waals surface area contributed by atoms with E-state index in [1.54, 1.807) is 24.3 Å². The van der Waals surface area contributed by atoms with Crippen LogP contribution in [0.5, 0.6) is 5.75 Å². The minimum atomic E-state index is -0.291.